The van der Waals surface area contributed by atoms with Crippen LogP contribution < -0.4 is 10.2 Å². The molecule has 31 heavy (non-hydrogen) atoms. The van der Waals surface area contributed by atoms with Crippen LogP contribution in [0.5, 0.6) is 0 Å². The van der Waals surface area contributed by atoms with Crippen LogP contribution in [-0.2, 0) is 11.3 Å². The summed E-state index contributed by atoms with van der Waals surface area (Å²) in [5.41, 5.74) is 3.57. The van der Waals surface area contributed by atoms with E-state index >= 15 is 0 Å². The van der Waals surface area contributed by atoms with Crippen LogP contribution in [-0.4, -0.2) is 55.2 Å². The van der Waals surface area contributed by atoms with Crippen molar-refractivity contribution in [2.45, 2.75) is 19.4 Å². The highest BCUT2D eigenvalue weighted by Crippen LogP contribution is 2.27. The first kappa shape index (κ1) is 20.0. The third-order valence-corrected chi connectivity index (χ3v) is 6.05. The van der Waals surface area contributed by atoms with Gasteiger partial charge in [0.1, 0.15) is 5.82 Å². The van der Waals surface area contributed by atoms with Crippen LogP contribution in [0, 0.1) is 0 Å². The number of amides is 1. The third kappa shape index (κ3) is 4.55. The average Bonchev–Trinajstić information content (AvgIpc) is 3.34. The standard InChI is InChI=1S/C25H28N4O2/c30-25(26-21-8-5-6-19(16-21)18-28-12-14-31-15-13-28)22-17-20-7-1-2-9-23(20)27-24(22)29-10-3-4-11-29/h1-2,5-9,16-17H,3-4,10-15,18H2,(H,26,30). The number of para-hydroxylation sites is 1. The fourth-order valence-electron chi connectivity index (χ4n) is 4.41. The molecule has 6 heteroatoms. The number of aromatic nitrogens is 1. The van der Waals surface area contributed by atoms with E-state index in [4.69, 9.17) is 9.72 Å². The minimum atomic E-state index is -0.108. The first-order valence-electron chi connectivity index (χ1n) is 11.1. The summed E-state index contributed by atoms with van der Waals surface area (Å²) in [4.78, 5) is 22.8. The Morgan fingerprint density at radius 1 is 0.968 bits per heavy atom. The van der Waals surface area contributed by atoms with E-state index < -0.39 is 0 Å². The van der Waals surface area contributed by atoms with Crippen molar-refractivity contribution in [3.8, 4) is 0 Å². The zero-order valence-corrected chi connectivity index (χ0v) is 17.7. The lowest BCUT2D eigenvalue weighted by Crippen LogP contribution is -2.35. The number of hydrogen-bond acceptors (Lipinski definition) is 5. The SMILES string of the molecule is O=C(Nc1cccc(CN2CCOCC2)c1)c1cc2ccccc2nc1N1CCCC1. The number of rotatable bonds is 5. The van der Waals surface area contributed by atoms with Crippen molar-refractivity contribution in [1.29, 1.82) is 0 Å². The lowest BCUT2D eigenvalue weighted by atomic mass is 10.1. The van der Waals surface area contributed by atoms with Crippen molar-refractivity contribution in [3.05, 3.63) is 65.7 Å². The summed E-state index contributed by atoms with van der Waals surface area (Å²) in [5.74, 6) is 0.682. The van der Waals surface area contributed by atoms with Gasteiger partial charge in [-0.25, -0.2) is 4.98 Å². The Bertz CT molecular complexity index is 1070. The molecule has 3 aromatic rings. The van der Waals surface area contributed by atoms with E-state index in [-0.39, 0.29) is 5.91 Å². The van der Waals surface area contributed by atoms with Crippen molar-refractivity contribution >= 4 is 28.3 Å². The molecule has 0 unspecified atom stereocenters. The average molecular weight is 417 g/mol. The molecule has 0 spiro atoms. The van der Waals surface area contributed by atoms with Crippen LogP contribution in [0.1, 0.15) is 28.8 Å². The summed E-state index contributed by atoms with van der Waals surface area (Å²) in [5, 5.41) is 4.10. The molecule has 0 radical (unpaired) electrons. The first-order valence-corrected chi connectivity index (χ1v) is 11.1. The second-order valence-electron chi connectivity index (χ2n) is 8.29. The van der Waals surface area contributed by atoms with Crippen LogP contribution in [0.3, 0.4) is 0 Å². The zero-order valence-electron chi connectivity index (χ0n) is 17.7. The fourth-order valence-corrected chi connectivity index (χ4v) is 4.41. The largest absolute Gasteiger partial charge is 0.379 e. The predicted molar refractivity (Wildman–Crippen MR) is 124 cm³/mol. The van der Waals surface area contributed by atoms with Gasteiger partial charge < -0.3 is 15.0 Å². The van der Waals surface area contributed by atoms with E-state index in [1.54, 1.807) is 0 Å². The molecule has 0 bridgehead atoms. The van der Waals surface area contributed by atoms with Gasteiger partial charge in [-0.1, -0.05) is 30.3 Å². The maximum absolute atomic E-state index is 13.3. The molecular formula is C25H28N4O2. The molecule has 5 rings (SSSR count). The van der Waals surface area contributed by atoms with Crippen molar-refractivity contribution < 1.29 is 9.53 Å². The molecular weight excluding hydrogens is 388 g/mol. The van der Waals surface area contributed by atoms with E-state index in [1.165, 1.54) is 5.56 Å². The maximum atomic E-state index is 13.3. The van der Waals surface area contributed by atoms with Gasteiger partial charge in [0.2, 0.25) is 0 Å². The van der Waals surface area contributed by atoms with Crippen LogP contribution in [0.4, 0.5) is 11.5 Å². The Balaban J connectivity index is 1.39. The number of carbonyl (C=O) groups is 1. The Hall–Kier alpha value is -2.96. The Kier molecular flexibility index (Phi) is 5.82. The van der Waals surface area contributed by atoms with Crippen molar-refractivity contribution in [2.24, 2.45) is 0 Å². The lowest BCUT2D eigenvalue weighted by molar-refractivity contribution is 0.0342. The van der Waals surface area contributed by atoms with E-state index in [0.717, 1.165) is 81.2 Å². The van der Waals surface area contributed by atoms with E-state index in [2.05, 4.69) is 27.2 Å². The number of fused-ring (bicyclic) bond motifs is 1. The van der Waals surface area contributed by atoms with E-state index in [1.807, 2.05) is 42.5 Å². The molecule has 160 valence electrons. The smallest absolute Gasteiger partial charge is 0.259 e. The minimum absolute atomic E-state index is 0.108. The van der Waals surface area contributed by atoms with Gasteiger partial charge in [0, 0.05) is 43.8 Å². The number of pyridine rings is 1. The Morgan fingerprint density at radius 2 is 1.77 bits per heavy atom. The highest BCUT2D eigenvalue weighted by molar-refractivity contribution is 6.09. The van der Waals surface area contributed by atoms with Crippen molar-refractivity contribution in [3.63, 3.8) is 0 Å². The lowest BCUT2D eigenvalue weighted by Gasteiger charge is -2.26. The topological polar surface area (TPSA) is 57.7 Å². The molecule has 2 fully saturated rings. The number of carbonyl (C=O) groups excluding carboxylic acids is 1. The summed E-state index contributed by atoms with van der Waals surface area (Å²) < 4.78 is 5.44. The van der Waals surface area contributed by atoms with Gasteiger partial charge in [-0.2, -0.15) is 0 Å². The molecule has 0 atom stereocenters. The molecule has 6 nitrogen and oxygen atoms in total. The third-order valence-electron chi connectivity index (χ3n) is 6.05. The van der Waals surface area contributed by atoms with Gasteiger partial charge >= 0.3 is 0 Å². The summed E-state index contributed by atoms with van der Waals surface area (Å²) in [6.45, 7) is 6.21. The number of anilines is 2. The molecule has 1 N–H and O–H groups in total. The Morgan fingerprint density at radius 3 is 2.61 bits per heavy atom. The van der Waals surface area contributed by atoms with Crippen LogP contribution in [0.25, 0.3) is 10.9 Å². The monoisotopic (exact) mass is 416 g/mol. The molecule has 3 heterocycles. The van der Waals surface area contributed by atoms with Crippen LogP contribution in [0.2, 0.25) is 0 Å². The molecule has 0 aliphatic carbocycles. The molecule has 0 saturated carbocycles. The quantitative estimate of drug-likeness (QED) is 0.683. The number of benzene rings is 2. The maximum Gasteiger partial charge on any atom is 0.259 e. The second-order valence-corrected chi connectivity index (χ2v) is 8.29. The van der Waals surface area contributed by atoms with Gasteiger partial charge in [-0.3, -0.25) is 9.69 Å². The van der Waals surface area contributed by atoms with Crippen LogP contribution in [0.15, 0.2) is 54.6 Å². The van der Waals surface area contributed by atoms with Gasteiger partial charge in [0.05, 0.1) is 24.3 Å². The summed E-state index contributed by atoms with van der Waals surface area (Å²) in [6, 6.07) is 18.1. The fraction of sp³-hybridized carbons (Fsp3) is 0.360. The molecule has 2 saturated heterocycles. The number of nitrogens with one attached hydrogen (secondary N) is 1. The zero-order chi connectivity index (χ0) is 21.0. The molecule has 2 aliphatic heterocycles. The number of ether oxygens (including phenoxy) is 1. The Labute approximate surface area is 182 Å². The van der Waals surface area contributed by atoms with Gasteiger partial charge in [-0.05, 0) is 42.7 Å². The first-order chi connectivity index (χ1) is 15.3. The summed E-state index contributed by atoms with van der Waals surface area (Å²) >= 11 is 0. The van der Waals surface area contributed by atoms with Gasteiger partial charge in [0.15, 0.2) is 0 Å². The van der Waals surface area contributed by atoms with Gasteiger partial charge in [-0.15, -0.1) is 0 Å². The highest BCUT2D eigenvalue weighted by atomic mass is 16.5. The highest BCUT2D eigenvalue weighted by Gasteiger charge is 2.22. The molecule has 1 amide bonds. The summed E-state index contributed by atoms with van der Waals surface area (Å²) in [7, 11) is 0. The minimum Gasteiger partial charge on any atom is -0.379 e. The normalized spacial score (nSPS) is 17.2. The van der Waals surface area contributed by atoms with E-state index in [9.17, 15) is 4.79 Å². The molecule has 2 aromatic carbocycles. The summed E-state index contributed by atoms with van der Waals surface area (Å²) in [6.07, 6.45) is 2.28. The van der Waals surface area contributed by atoms with Crippen LogP contribution >= 0.6 is 0 Å². The number of morpholine rings is 1. The predicted octanol–water partition coefficient (Wildman–Crippen LogP) is 3.92. The number of hydrogen-bond donors (Lipinski definition) is 1. The van der Waals surface area contributed by atoms with Crippen molar-refractivity contribution in [2.75, 3.05) is 49.6 Å². The molecule has 2 aliphatic rings. The van der Waals surface area contributed by atoms with Crippen molar-refractivity contribution in [1.82, 2.24) is 9.88 Å². The van der Waals surface area contributed by atoms with E-state index in [0.29, 0.717) is 5.56 Å². The van der Waals surface area contributed by atoms with Gasteiger partial charge in [0.25, 0.3) is 5.91 Å². The number of nitrogens with zero attached hydrogens (tertiary/aromatic N) is 3. The second kappa shape index (κ2) is 9.04. The molecule has 1 aromatic heterocycles.